The van der Waals surface area contributed by atoms with Crippen LogP contribution in [0.4, 0.5) is 0 Å². The first-order chi connectivity index (χ1) is 10.1. The van der Waals surface area contributed by atoms with Gasteiger partial charge in [-0.1, -0.05) is 26.0 Å². The first-order valence-electron chi connectivity index (χ1n) is 9.45. The van der Waals surface area contributed by atoms with E-state index in [0.717, 1.165) is 36.5 Å². The minimum absolute atomic E-state index is 0.00825. The normalized spacial score (nSPS) is 55.7. The summed E-state index contributed by atoms with van der Waals surface area (Å²) in [5, 5.41) is 10.1. The van der Waals surface area contributed by atoms with Gasteiger partial charge in [0.15, 0.2) is 0 Å². The Kier molecular flexibility index (Phi) is 3.30. The van der Waals surface area contributed by atoms with E-state index in [0.29, 0.717) is 10.8 Å². The Hall–Kier alpha value is -0.300. The highest BCUT2D eigenvalue weighted by Gasteiger charge is 2.57. The molecule has 0 aliphatic heterocycles. The van der Waals surface area contributed by atoms with Crippen LogP contribution in [0.25, 0.3) is 0 Å². The first kappa shape index (κ1) is 14.3. The summed E-state index contributed by atoms with van der Waals surface area (Å²) in [6.07, 6.45) is 16.9. The molecule has 7 atom stereocenters. The van der Waals surface area contributed by atoms with Gasteiger partial charge in [-0.15, -0.1) is 0 Å². The Balaban J connectivity index is 1.62. The van der Waals surface area contributed by atoms with Gasteiger partial charge in [0.05, 0.1) is 6.10 Å². The van der Waals surface area contributed by atoms with Crippen molar-refractivity contribution in [3.05, 3.63) is 12.2 Å². The Labute approximate surface area is 130 Å². The van der Waals surface area contributed by atoms with Crippen LogP contribution in [0.1, 0.15) is 71.6 Å². The molecule has 0 spiro atoms. The maximum atomic E-state index is 10.1. The summed E-state index contributed by atoms with van der Waals surface area (Å²) in [6.45, 7) is 5.00. The second-order valence-corrected chi connectivity index (χ2v) is 8.85. The highest BCUT2D eigenvalue weighted by Crippen LogP contribution is 2.65. The Morgan fingerprint density at radius 2 is 1.95 bits per heavy atom. The van der Waals surface area contributed by atoms with Gasteiger partial charge in [0, 0.05) is 0 Å². The third-order valence-corrected chi connectivity index (χ3v) is 8.39. The van der Waals surface area contributed by atoms with Gasteiger partial charge in [-0.2, -0.15) is 0 Å². The van der Waals surface area contributed by atoms with Crippen LogP contribution in [0.15, 0.2) is 12.2 Å². The summed E-state index contributed by atoms with van der Waals surface area (Å²) in [5.74, 6) is 3.63. The van der Waals surface area contributed by atoms with E-state index in [2.05, 4.69) is 26.0 Å². The lowest BCUT2D eigenvalue weighted by Crippen LogP contribution is -2.53. The molecule has 1 heteroatoms. The van der Waals surface area contributed by atoms with Crippen LogP contribution in [0, 0.1) is 34.5 Å². The van der Waals surface area contributed by atoms with Crippen molar-refractivity contribution in [2.75, 3.05) is 0 Å². The topological polar surface area (TPSA) is 20.2 Å². The van der Waals surface area contributed by atoms with E-state index in [1.54, 1.807) is 0 Å². The van der Waals surface area contributed by atoms with Crippen LogP contribution >= 0.6 is 0 Å². The third-order valence-electron chi connectivity index (χ3n) is 8.39. The SMILES string of the molecule is CC[C@@]12C=CC[C@H]1[C@@H]1CC[C@H]3C[C@H](O)CC[C@]3(C)[C@H]1CC2. The second kappa shape index (κ2) is 4.85. The number of aliphatic hydroxyl groups is 1. The molecule has 0 bridgehead atoms. The first-order valence-corrected chi connectivity index (χ1v) is 9.45. The molecular formula is C20H32O. The fraction of sp³-hybridized carbons (Fsp3) is 0.900. The van der Waals surface area contributed by atoms with E-state index in [1.807, 2.05) is 0 Å². The van der Waals surface area contributed by atoms with Crippen LogP contribution < -0.4 is 0 Å². The summed E-state index contributed by atoms with van der Waals surface area (Å²) in [6, 6.07) is 0. The number of rotatable bonds is 1. The van der Waals surface area contributed by atoms with E-state index >= 15 is 0 Å². The van der Waals surface area contributed by atoms with Crippen molar-refractivity contribution in [1.29, 1.82) is 0 Å². The summed E-state index contributed by atoms with van der Waals surface area (Å²) in [5.41, 5.74) is 1.09. The molecular weight excluding hydrogens is 256 g/mol. The molecule has 4 rings (SSSR count). The summed E-state index contributed by atoms with van der Waals surface area (Å²) in [7, 11) is 0. The maximum Gasteiger partial charge on any atom is 0.0543 e. The van der Waals surface area contributed by atoms with Crippen molar-refractivity contribution in [2.24, 2.45) is 34.5 Å². The fourth-order valence-electron chi connectivity index (χ4n) is 7.10. The smallest absolute Gasteiger partial charge is 0.0543 e. The molecule has 118 valence electrons. The van der Waals surface area contributed by atoms with Gasteiger partial charge >= 0.3 is 0 Å². The molecule has 3 fully saturated rings. The Bertz CT molecular complexity index is 441. The molecule has 0 aromatic rings. The molecule has 0 aromatic heterocycles. The number of allylic oxidation sites excluding steroid dienone is 2. The molecule has 1 N–H and O–H groups in total. The molecule has 0 aromatic carbocycles. The van der Waals surface area contributed by atoms with Crippen molar-refractivity contribution < 1.29 is 5.11 Å². The largest absolute Gasteiger partial charge is 0.393 e. The molecule has 0 heterocycles. The fourth-order valence-corrected chi connectivity index (χ4v) is 7.10. The van der Waals surface area contributed by atoms with Gasteiger partial charge in [0.25, 0.3) is 0 Å². The number of hydrogen-bond donors (Lipinski definition) is 1. The van der Waals surface area contributed by atoms with E-state index < -0.39 is 0 Å². The van der Waals surface area contributed by atoms with Crippen LogP contribution in [0.3, 0.4) is 0 Å². The van der Waals surface area contributed by atoms with Crippen LogP contribution in [-0.4, -0.2) is 11.2 Å². The molecule has 4 aliphatic carbocycles. The lowest BCUT2D eigenvalue weighted by molar-refractivity contribution is -0.119. The monoisotopic (exact) mass is 288 g/mol. The van der Waals surface area contributed by atoms with Gasteiger partial charge in [0.2, 0.25) is 0 Å². The molecule has 3 saturated carbocycles. The van der Waals surface area contributed by atoms with Gasteiger partial charge in [-0.05, 0) is 92.3 Å². The summed E-state index contributed by atoms with van der Waals surface area (Å²) in [4.78, 5) is 0. The maximum absolute atomic E-state index is 10.1. The molecule has 0 radical (unpaired) electrons. The van der Waals surface area contributed by atoms with Crippen molar-refractivity contribution in [1.82, 2.24) is 0 Å². The average molecular weight is 288 g/mol. The predicted octanol–water partition coefficient (Wildman–Crippen LogP) is 4.95. The van der Waals surface area contributed by atoms with Crippen molar-refractivity contribution in [3.63, 3.8) is 0 Å². The number of hydrogen-bond acceptors (Lipinski definition) is 1. The predicted molar refractivity (Wildman–Crippen MR) is 86.9 cm³/mol. The summed E-state index contributed by atoms with van der Waals surface area (Å²) < 4.78 is 0. The van der Waals surface area contributed by atoms with E-state index in [-0.39, 0.29) is 6.10 Å². The van der Waals surface area contributed by atoms with E-state index in [9.17, 15) is 5.11 Å². The highest BCUT2D eigenvalue weighted by molar-refractivity contribution is 5.17. The van der Waals surface area contributed by atoms with Crippen molar-refractivity contribution in [2.45, 2.75) is 77.7 Å². The second-order valence-electron chi connectivity index (χ2n) is 8.85. The van der Waals surface area contributed by atoms with Gasteiger partial charge in [-0.3, -0.25) is 0 Å². The highest BCUT2D eigenvalue weighted by atomic mass is 16.3. The zero-order valence-corrected chi connectivity index (χ0v) is 13.9. The molecule has 4 aliphatic rings. The minimum atomic E-state index is -0.00825. The lowest BCUT2D eigenvalue weighted by Gasteiger charge is -2.60. The quantitative estimate of drug-likeness (QED) is 0.677. The zero-order chi connectivity index (χ0) is 14.7. The average Bonchev–Trinajstić information content (AvgIpc) is 2.92. The van der Waals surface area contributed by atoms with Crippen LogP contribution in [0.5, 0.6) is 0 Å². The van der Waals surface area contributed by atoms with Crippen molar-refractivity contribution in [3.8, 4) is 0 Å². The Morgan fingerprint density at radius 1 is 1.10 bits per heavy atom. The molecule has 1 nitrogen and oxygen atoms in total. The zero-order valence-electron chi connectivity index (χ0n) is 13.9. The van der Waals surface area contributed by atoms with Crippen molar-refractivity contribution >= 4 is 0 Å². The van der Waals surface area contributed by atoms with E-state index in [4.69, 9.17) is 0 Å². The standard InChI is InChI=1S/C20H32O/c1-3-20-10-4-5-18(20)16-7-6-14-13-15(21)8-11-19(14,2)17(16)9-12-20/h4,10,14-18,21H,3,5-9,11-13H2,1-2H3/t14-,15+,16+,17-,18-,19-,20-/m0/s1. The Morgan fingerprint density at radius 3 is 2.76 bits per heavy atom. The molecule has 21 heavy (non-hydrogen) atoms. The van der Waals surface area contributed by atoms with Gasteiger partial charge < -0.3 is 5.11 Å². The third kappa shape index (κ3) is 1.92. The van der Waals surface area contributed by atoms with Gasteiger partial charge in [0.1, 0.15) is 0 Å². The lowest BCUT2D eigenvalue weighted by atomic mass is 9.44. The molecule has 0 unspecified atom stereocenters. The summed E-state index contributed by atoms with van der Waals surface area (Å²) >= 11 is 0. The number of fused-ring (bicyclic) bond motifs is 5. The van der Waals surface area contributed by atoms with E-state index in [1.165, 1.54) is 44.9 Å². The molecule has 0 amide bonds. The number of aliphatic hydroxyl groups excluding tert-OH is 1. The van der Waals surface area contributed by atoms with Crippen LogP contribution in [-0.2, 0) is 0 Å². The molecule has 0 saturated heterocycles. The van der Waals surface area contributed by atoms with Gasteiger partial charge in [-0.25, -0.2) is 0 Å². The van der Waals surface area contributed by atoms with Crippen LogP contribution in [0.2, 0.25) is 0 Å². The minimum Gasteiger partial charge on any atom is -0.393 e.